The normalized spacial score (nSPS) is 22.5. The zero-order chi connectivity index (χ0) is 12.2. The number of nitrogens with zero attached hydrogens (tertiary/aromatic N) is 2. The Kier molecular flexibility index (Phi) is 4.71. The maximum Gasteiger partial charge on any atom is 0.217 e. The van der Waals surface area contributed by atoms with Gasteiger partial charge in [-0.2, -0.15) is 9.57 Å². The summed E-state index contributed by atoms with van der Waals surface area (Å²) in [4.78, 5) is 0. The van der Waals surface area contributed by atoms with Crippen molar-refractivity contribution >= 4 is 10.0 Å². The number of hydrogen-bond donors (Lipinski definition) is 0. The lowest BCUT2D eigenvalue weighted by Gasteiger charge is -2.19. The molecule has 92 valence electrons. The molecule has 16 heavy (non-hydrogen) atoms. The number of hydrogen-bond acceptors (Lipinski definition) is 4. The fraction of sp³-hybridized carbons (Fsp3) is 0.900. The molecule has 1 saturated heterocycles. The zero-order valence-electron chi connectivity index (χ0n) is 9.72. The van der Waals surface area contributed by atoms with Crippen molar-refractivity contribution in [1.82, 2.24) is 4.31 Å². The number of ether oxygens (including phenoxy) is 1. The van der Waals surface area contributed by atoms with Gasteiger partial charge in [0.25, 0.3) is 0 Å². The molecule has 1 atom stereocenters. The molecule has 0 bridgehead atoms. The highest BCUT2D eigenvalue weighted by molar-refractivity contribution is 7.89. The van der Waals surface area contributed by atoms with E-state index in [2.05, 4.69) is 0 Å². The lowest BCUT2D eigenvalue weighted by atomic mass is 10.2. The van der Waals surface area contributed by atoms with E-state index in [9.17, 15) is 8.42 Å². The van der Waals surface area contributed by atoms with Crippen molar-refractivity contribution in [1.29, 1.82) is 5.26 Å². The highest BCUT2D eigenvalue weighted by atomic mass is 32.2. The van der Waals surface area contributed by atoms with Crippen LogP contribution in [0.4, 0.5) is 0 Å². The van der Waals surface area contributed by atoms with Crippen LogP contribution in [-0.2, 0) is 14.8 Å². The molecule has 0 aliphatic carbocycles. The van der Waals surface area contributed by atoms with Crippen molar-refractivity contribution in [3.05, 3.63) is 0 Å². The Hall–Kier alpha value is -0.640. The van der Waals surface area contributed by atoms with Crippen LogP contribution in [0.3, 0.4) is 0 Å². The van der Waals surface area contributed by atoms with Crippen LogP contribution in [0.25, 0.3) is 0 Å². The van der Waals surface area contributed by atoms with Gasteiger partial charge >= 0.3 is 0 Å². The lowest BCUT2D eigenvalue weighted by Crippen LogP contribution is -2.37. The van der Waals surface area contributed by atoms with Gasteiger partial charge in [0.15, 0.2) is 0 Å². The molecule has 0 N–H and O–H groups in total. The SMILES string of the molecule is CC(C)OCCS(=O)(=O)N1CCCC1C#N. The van der Waals surface area contributed by atoms with Crippen LogP contribution in [0.1, 0.15) is 26.7 Å². The highest BCUT2D eigenvalue weighted by Gasteiger charge is 2.33. The molecule has 1 aliphatic rings. The van der Waals surface area contributed by atoms with E-state index in [1.54, 1.807) is 0 Å². The van der Waals surface area contributed by atoms with Gasteiger partial charge in [-0.25, -0.2) is 8.42 Å². The minimum absolute atomic E-state index is 0.0283. The average molecular weight is 246 g/mol. The molecule has 1 unspecified atom stereocenters. The van der Waals surface area contributed by atoms with Crippen molar-refractivity contribution in [3.63, 3.8) is 0 Å². The third kappa shape index (κ3) is 3.44. The maximum absolute atomic E-state index is 11.9. The van der Waals surface area contributed by atoms with Crippen LogP contribution in [0.15, 0.2) is 0 Å². The summed E-state index contributed by atoms with van der Waals surface area (Å²) in [6.45, 7) is 4.37. The first kappa shape index (κ1) is 13.4. The van der Waals surface area contributed by atoms with E-state index >= 15 is 0 Å². The van der Waals surface area contributed by atoms with E-state index in [1.165, 1.54) is 4.31 Å². The Morgan fingerprint density at radius 3 is 2.81 bits per heavy atom. The summed E-state index contributed by atoms with van der Waals surface area (Å²) >= 11 is 0. The quantitative estimate of drug-likeness (QED) is 0.717. The standard InChI is InChI=1S/C10H18N2O3S/c1-9(2)15-6-7-16(13,14)12-5-3-4-10(12)8-11/h9-10H,3-7H2,1-2H3. The van der Waals surface area contributed by atoms with Crippen LogP contribution >= 0.6 is 0 Å². The largest absolute Gasteiger partial charge is 0.378 e. The van der Waals surface area contributed by atoms with Crippen molar-refractivity contribution in [2.75, 3.05) is 18.9 Å². The summed E-state index contributed by atoms with van der Waals surface area (Å²) in [6.07, 6.45) is 1.43. The maximum atomic E-state index is 11.9. The fourth-order valence-electron chi connectivity index (χ4n) is 1.71. The van der Waals surface area contributed by atoms with E-state index in [0.29, 0.717) is 13.0 Å². The van der Waals surface area contributed by atoms with Crippen molar-refractivity contribution in [2.45, 2.75) is 38.8 Å². The van der Waals surface area contributed by atoms with Crippen LogP contribution in [0, 0.1) is 11.3 Å². The van der Waals surface area contributed by atoms with Gasteiger partial charge < -0.3 is 4.74 Å². The summed E-state index contributed by atoms with van der Waals surface area (Å²) in [7, 11) is -3.33. The minimum Gasteiger partial charge on any atom is -0.378 e. The van der Waals surface area contributed by atoms with Gasteiger partial charge in [0.1, 0.15) is 6.04 Å². The summed E-state index contributed by atoms with van der Waals surface area (Å²) < 4.78 is 30.3. The Morgan fingerprint density at radius 1 is 1.56 bits per heavy atom. The van der Waals surface area contributed by atoms with Gasteiger partial charge in [-0.05, 0) is 26.7 Å². The summed E-state index contributed by atoms with van der Waals surface area (Å²) in [5.74, 6) is -0.0383. The molecule has 0 radical (unpaired) electrons. The molecule has 0 aromatic rings. The van der Waals surface area contributed by atoms with Crippen LogP contribution in [-0.4, -0.2) is 43.8 Å². The van der Waals surface area contributed by atoms with Gasteiger partial charge in [0.05, 0.1) is 24.5 Å². The molecule has 0 aromatic carbocycles. The fourth-order valence-corrected chi connectivity index (χ4v) is 3.20. The van der Waals surface area contributed by atoms with Crippen LogP contribution in [0.5, 0.6) is 0 Å². The predicted molar refractivity (Wildman–Crippen MR) is 60.2 cm³/mol. The van der Waals surface area contributed by atoms with E-state index in [4.69, 9.17) is 10.00 Å². The third-order valence-corrected chi connectivity index (χ3v) is 4.34. The molecule has 0 spiro atoms. The minimum atomic E-state index is -3.33. The number of nitriles is 1. The summed E-state index contributed by atoms with van der Waals surface area (Å²) in [5, 5.41) is 8.83. The summed E-state index contributed by atoms with van der Waals surface area (Å²) in [6, 6.07) is 1.54. The molecular formula is C10H18N2O3S. The lowest BCUT2D eigenvalue weighted by molar-refractivity contribution is 0.0907. The molecular weight excluding hydrogens is 228 g/mol. The van der Waals surface area contributed by atoms with Crippen LogP contribution < -0.4 is 0 Å². The van der Waals surface area contributed by atoms with E-state index in [-0.39, 0.29) is 18.5 Å². The predicted octanol–water partition coefficient (Wildman–Crippen LogP) is 0.729. The molecule has 6 heteroatoms. The Labute approximate surface area is 97.0 Å². The second-order valence-electron chi connectivity index (χ2n) is 4.13. The Bertz CT molecular complexity index is 359. The van der Waals surface area contributed by atoms with E-state index in [0.717, 1.165) is 6.42 Å². The molecule has 1 fully saturated rings. The van der Waals surface area contributed by atoms with Gasteiger partial charge in [-0.3, -0.25) is 0 Å². The molecule has 0 aromatic heterocycles. The molecule has 1 rings (SSSR count). The van der Waals surface area contributed by atoms with Gasteiger partial charge in [-0.15, -0.1) is 0 Å². The summed E-state index contributed by atoms with van der Waals surface area (Å²) in [5.41, 5.74) is 0. The Morgan fingerprint density at radius 2 is 2.25 bits per heavy atom. The first-order chi connectivity index (χ1) is 7.47. The second kappa shape index (κ2) is 5.62. The van der Waals surface area contributed by atoms with Crippen molar-refractivity contribution in [3.8, 4) is 6.07 Å². The smallest absolute Gasteiger partial charge is 0.217 e. The molecule has 1 aliphatic heterocycles. The molecule has 0 saturated carbocycles. The third-order valence-electron chi connectivity index (χ3n) is 2.50. The Balaban J connectivity index is 2.54. The van der Waals surface area contributed by atoms with Gasteiger partial charge in [0.2, 0.25) is 10.0 Å². The van der Waals surface area contributed by atoms with Gasteiger partial charge in [-0.1, -0.05) is 0 Å². The molecule has 0 amide bonds. The van der Waals surface area contributed by atoms with Crippen molar-refractivity contribution < 1.29 is 13.2 Å². The number of rotatable bonds is 5. The topological polar surface area (TPSA) is 70.4 Å². The first-order valence-corrected chi connectivity index (χ1v) is 7.09. The number of sulfonamides is 1. The average Bonchev–Trinajstić information content (AvgIpc) is 2.64. The highest BCUT2D eigenvalue weighted by Crippen LogP contribution is 2.20. The van der Waals surface area contributed by atoms with Gasteiger partial charge in [0, 0.05) is 6.54 Å². The van der Waals surface area contributed by atoms with E-state index in [1.807, 2.05) is 19.9 Å². The molecule has 5 nitrogen and oxygen atoms in total. The monoisotopic (exact) mass is 246 g/mol. The first-order valence-electron chi connectivity index (χ1n) is 5.48. The van der Waals surface area contributed by atoms with Crippen LogP contribution in [0.2, 0.25) is 0 Å². The second-order valence-corrected chi connectivity index (χ2v) is 6.17. The molecule has 1 heterocycles. The zero-order valence-corrected chi connectivity index (χ0v) is 10.5. The van der Waals surface area contributed by atoms with E-state index < -0.39 is 16.1 Å². The van der Waals surface area contributed by atoms with Crippen molar-refractivity contribution in [2.24, 2.45) is 0 Å².